The first kappa shape index (κ1) is 19.7. The van der Waals surface area contributed by atoms with E-state index in [1.165, 1.54) is 5.56 Å². The van der Waals surface area contributed by atoms with Crippen LogP contribution < -0.4 is 10.6 Å². The zero-order chi connectivity index (χ0) is 19.3. The molecule has 0 radical (unpaired) electrons. The van der Waals surface area contributed by atoms with E-state index >= 15 is 0 Å². The summed E-state index contributed by atoms with van der Waals surface area (Å²) in [7, 11) is 1.66. The molecule has 2 aromatic rings. The lowest BCUT2D eigenvalue weighted by atomic mass is 9.82. The van der Waals surface area contributed by atoms with Gasteiger partial charge in [-0.3, -0.25) is 4.99 Å². The second kappa shape index (κ2) is 8.73. The second-order valence-electron chi connectivity index (χ2n) is 6.65. The lowest BCUT2D eigenvalue weighted by Gasteiger charge is -2.30. The number of hydrogen-bond donors (Lipinski definition) is 2. The third-order valence-electron chi connectivity index (χ3n) is 4.81. The predicted molar refractivity (Wildman–Crippen MR) is 102 cm³/mol. The quantitative estimate of drug-likeness (QED) is 0.589. The van der Waals surface area contributed by atoms with Crippen LogP contribution in [-0.4, -0.2) is 24.0 Å². The molecule has 0 atom stereocenters. The van der Waals surface area contributed by atoms with Crippen molar-refractivity contribution < 1.29 is 13.2 Å². The van der Waals surface area contributed by atoms with Crippen LogP contribution in [0.5, 0.6) is 0 Å². The lowest BCUT2D eigenvalue weighted by Crippen LogP contribution is -2.44. The fourth-order valence-corrected chi connectivity index (χ4v) is 4.11. The molecule has 0 aliphatic heterocycles. The number of halogens is 3. The average molecular weight is 396 g/mol. The summed E-state index contributed by atoms with van der Waals surface area (Å²) in [4.78, 5) is 7.81. The summed E-state index contributed by atoms with van der Waals surface area (Å²) in [6.45, 7) is 0.222. The van der Waals surface area contributed by atoms with E-state index in [1.807, 2.05) is 6.07 Å². The highest BCUT2D eigenvalue weighted by Gasteiger charge is 2.33. The third kappa shape index (κ3) is 5.45. The van der Waals surface area contributed by atoms with Gasteiger partial charge in [0, 0.05) is 18.5 Å². The van der Waals surface area contributed by atoms with Gasteiger partial charge in [0.1, 0.15) is 5.01 Å². The molecule has 0 bridgehead atoms. The molecule has 3 rings (SSSR count). The Morgan fingerprint density at radius 2 is 1.89 bits per heavy atom. The van der Waals surface area contributed by atoms with Crippen LogP contribution >= 0.6 is 11.3 Å². The Morgan fingerprint density at radius 1 is 1.19 bits per heavy atom. The summed E-state index contributed by atoms with van der Waals surface area (Å²) >= 11 is 0.996. The molecule has 1 aliphatic carbocycles. The van der Waals surface area contributed by atoms with Crippen molar-refractivity contribution in [3.63, 3.8) is 0 Å². The number of alkyl halides is 3. The van der Waals surface area contributed by atoms with Crippen LogP contribution in [0.25, 0.3) is 0 Å². The van der Waals surface area contributed by atoms with Crippen LogP contribution in [0.2, 0.25) is 0 Å². The molecule has 8 heteroatoms. The Balaban J connectivity index is 1.46. The van der Waals surface area contributed by atoms with E-state index in [-0.39, 0.29) is 6.54 Å². The Bertz CT molecular complexity index is 750. The van der Waals surface area contributed by atoms with Crippen molar-refractivity contribution in [2.75, 3.05) is 7.05 Å². The van der Waals surface area contributed by atoms with Crippen LogP contribution in [-0.2, 0) is 12.7 Å². The summed E-state index contributed by atoms with van der Waals surface area (Å²) in [6, 6.07) is 10.9. The normalized spacial score (nSPS) is 21.1. The number of nitrogens with one attached hydrogen (secondary N) is 2. The van der Waals surface area contributed by atoms with Crippen molar-refractivity contribution in [3.8, 4) is 0 Å². The van der Waals surface area contributed by atoms with Gasteiger partial charge < -0.3 is 10.6 Å². The molecule has 2 N–H and O–H groups in total. The van der Waals surface area contributed by atoms with E-state index in [9.17, 15) is 13.2 Å². The molecular formula is C19H23F3N4S. The molecule has 0 spiro atoms. The number of guanidine groups is 1. The van der Waals surface area contributed by atoms with Gasteiger partial charge in [0.15, 0.2) is 11.7 Å². The molecule has 0 saturated heterocycles. The first-order chi connectivity index (χ1) is 13.0. The highest BCUT2D eigenvalue weighted by atomic mass is 32.1. The van der Waals surface area contributed by atoms with E-state index in [0.29, 0.717) is 22.9 Å². The maximum Gasteiger partial charge on any atom is 0.434 e. The minimum atomic E-state index is -4.40. The zero-order valence-corrected chi connectivity index (χ0v) is 15.9. The molecule has 1 heterocycles. The van der Waals surface area contributed by atoms with Crippen molar-refractivity contribution in [1.29, 1.82) is 0 Å². The minimum Gasteiger partial charge on any atom is -0.354 e. The Labute approximate surface area is 160 Å². The molecule has 0 unspecified atom stereocenters. The number of aliphatic imine (C=N–C) groups is 1. The maximum absolute atomic E-state index is 12.6. The van der Waals surface area contributed by atoms with Gasteiger partial charge in [-0.15, -0.1) is 11.3 Å². The van der Waals surface area contributed by atoms with Gasteiger partial charge in [0.05, 0.1) is 6.54 Å². The molecule has 146 valence electrons. The van der Waals surface area contributed by atoms with Crippen LogP contribution in [0, 0.1) is 0 Å². The standard InChI is InChI=1S/C19H23F3N4S/c1-23-18(24-11-17-26-16(12-27-17)19(20,21)22)25-15-9-7-14(8-10-15)13-5-3-2-4-6-13/h2-6,12,14-15H,7-11H2,1H3,(H2,23,24,25). The largest absolute Gasteiger partial charge is 0.434 e. The van der Waals surface area contributed by atoms with Crippen LogP contribution in [0.4, 0.5) is 13.2 Å². The van der Waals surface area contributed by atoms with E-state index in [2.05, 4.69) is 44.9 Å². The van der Waals surface area contributed by atoms with Gasteiger partial charge >= 0.3 is 6.18 Å². The molecule has 27 heavy (non-hydrogen) atoms. The van der Waals surface area contributed by atoms with Crippen LogP contribution in [0.1, 0.15) is 47.9 Å². The van der Waals surface area contributed by atoms with Gasteiger partial charge in [-0.1, -0.05) is 30.3 Å². The van der Waals surface area contributed by atoms with Crippen molar-refractivity contribution in [2.24, 2.45) is 4.99 Å². The number of aromatic nitrogens is 1. The molecule has 1 fully saturated rings. The molecular weight excluding hydrogens is 373 g/mol. The first-order valence-electron chi connectivity index (χ1n) is 8.99. The summed E-state index contributed by atoms with van der Waals surface area (Å²) in [5, 5.41) is 7.87. The number of hydrogen-bond acceptors (Lipinski definition) is 3. The second-order valence-corrected chi connectivity index (χ2v) is 7.60. The number of thiazole rings is 1. The van der Waals surface area contributed by atoms with E-state index in [1.54, 1.807) is 7.05 Å². The van der Waals surface area contributed by atoms with Crippen molar-refractivity contribution >= 4 is 17.3 Å². The van der Waals surface area contributed by atoms with E-state index in [4.69, 9.17) is 0 Å². The van der Waals surface area contributed by atoms with Gasteiger partial charge in [-0.05, 0) is 37.2 Å². The maximum atomic E-state index is 12.6. The molecule has 1 aromatic carbocycles. The van der Waals surface area contributed by atoms with E-state index < -0.39 is 11.9 Å². The number of benzene rings is 1. The zero-order valence-electron chi connectivity index (χ0n) is 15.1. The summed E-state index contributed by atoms with van der Waals surface area (Å²) in [6.07, 6.45) is -0.0995. The van der Waals surface area contributed by atoms with Gasteiger partial charge in [0.25, 0.3) is 0 Å². The summed E-state index contributed by atoms with van der Waals surface area (Å²) in [5.41, 5.74) is 0.550. The fourth-order valence-electron chi connectivity index (χ4n) is 3.37. The number of rotatable bonds is 4. The highest BCUT2D eigenvalue weighted by Crippen LogP contribution is 2.33. The van der Waals surface area contributed by atoms with Crippen molar-refractivity contribution in [2.45, 2.75) is 50.4 Å². The predicted octanol–water partition coefficient (Wildman–Crippen LogP) is 4.55. The molecule has 1 aromatic heterocycles. The molecule has 0 amide bonds. The van der Waals surface area contributed by atoms with Crippen LogP contribution in [0.15, 0.2) is 40.7 Å². The Hall–Kier alpha value is -2.09. The van der Waals surface area contributed by atoms with Crippen LogP contribution in [0.3, 0.4) is 0 Å². The average Bonchev–Trinajstić information content (AvgIpc) is 3.16. The smallest absolute Gasteiger partial charge is 0.354 e. The summed E-state index contributed by atoms with van der Waals surface area (Å²) in [5.74, 6) is 1.19. The van der Waals surface area contributed by atoms with Gasteiger partial charge in [-0.2, -0.15) is 13.2 Å². The Kier molecular flexibility index (Phi) is 6.36. The lowest BCUT2D eigenvalue weighted by molar-refractivity contribution is -0.140. The third-order valence-corrected chi connectivity index (χ3v) is 5.66. The fraction of sp³-hybridized carbons (Fsp3) is 0.474. The minimum absolute atomic E-state index is 0.222. The van der Waals surface area contributed by atoms with Gasteiger partial charge in [0.2, 0.25) is 0 Å². The molecule has 1 saturated carbocycles. The molecule has 4 nitrogen and oxygen atoms in total. The monoisotopic (exact) mass is 396 g/mol. The Morgan fingerprint density at radius 3 is 2.48 bits per heavy atom. The highest BCUT2D eigenvalue weighted by molar-refractivity contribution is 7.09. The number of nitrogens with zero attached hydrogens (tertiary/aromatic N) is 2. The topological polar surface area (TPSA) is 49.3 Å². The van der Waals surface area contributed by atoms with Crippen molar-refractivity contribution in [1.82, 2.24) is 15.6 Å². The molecule has 1 aliphatic rings. The van der Waals surface area contributed by atoms with Gasteiger partial charge in [-0.25, -0.2) is 4.98 Å². The SMILES string of the molecule is CN=C(NCc1nc(C(F)(F)F)cs1)NC1CCC(c2ccccc2)CC1. The summed E-state index contributed by atoms with van der Waals surface area (Å²) < 4.78 is 37.9. The first-order valence-corrected chi connectivity index (χ1v) is 9.87. The van der Waals surface area contributed by atoms with E-state index in [0.717, 1.165) is 42.4 Å². The van der Waals surface area contributed by atoms with Crippen molar-refractivity contribution in [3.05, 3.63) is 52.0 Å².